The summed E-state index contributed by atoms with van der Waals surface area (Å²) in [6, 6.07) is 9.06. The van der Waals surface area contributed by atoms with Crippen molar-refractivity contribution in [3.63, 3.8) is 0 Å². The number of aromatic carboxylic acids is 1. The molecular weight excluding hydrogens is 222 g/mol. The van der Waals surface area contributed by atoms with Crippen molar-refractivity contribution in [1.29, 1.82) is 0 Å². The van der Waals surface area contributed by atoms with Gasteiger partial charge in [-0.1, -0.05) is 18.2 Å². The molecule has 0 aliphatic carbocycles. The third kappa shape index (κ3) is 2.28. The van der Waals surface area contributed by atoms with Gasteiger partial charge in [-0.2, -0.15) is 4.98 Å². The van der Waals surface area contributed by atoms with Gasteiger partial charge in [0.05, 0.1) is 6.61 Å². The Bertz CT molecular complexity index is 519. The van der Waals surface area contributed by atoms with E-state index in [4.69, 9.17) is 14.3 Å². The van der Waals surface area contributed by atoms with Crippen LogP contribution in [-0.4, -0.2) is 22.7 Å². The first-order valence-corrected chi connectivity index (χ1v) is 5.14. The molecule has 5 nitrogen and oxygen atoms in total. The van der Waals surface area contributed by atoms with Crippen molar-refractivity contribution < 1.29 is 19.1 Å². The summed E-state index contributed by atoms with van der Waals surface area (Å²) in [4.78, 5) is 14.8. The van der Waals surface area contributed by atoms with Crippen LogP contribution in [0.4, 0.5) is 0 Å². The molecule has 5 heteroatoms. The Kier molecular flexibility index (Phi) is 3.09. The van der Waals surface area contributed by atoms with E-state index in [0.29, 0.717) is 12.2 Å². The third-order valence-corrected chi connectivity index (χ3v) is 2.09. The largest absolute Gasteiger partial charge is 0.476 e. The molecule has 0 amide bonds. The average molecular weight is 233 g/mol. The molecule has 0 fully saturated rings. The molecule has 88 valence electrons. The highest BCUT2D eigenvalue weighted by molar-refractivity contribution is 5.88. The van der Waals surface area contributed by atoms with Crippen molar-refractivity contribution in [3.8, 4) is 17.4 Å². The lowest BCUT2D eigenvalue weighted by Crippen LogP contribution is -2.01. The van der Waals surface area contributed by atoms with Crippen LogP contribution < -0.4 is 4.74 Å². The summed E-state index contributed by atoms with van der Waals surface area (Å²) in [6.45, 7) is 2.07. The number of ether oxygens (including phenoxy) is 1. The molecule has 1 aromatic carbocycles. The van der Waals surface area contributed by atoms with Crippen LogP contribution in [0.15, 0.2) is 34.7 Å². The zero-order valence-electron chi connectivity index (χ0n) is 9.21. The first-order valence-electron chi connectivity index (χ1n) is 5.14. The Morgan fingerprint density at radius 1 is 1.41 bits per heavy atom. The van der Waals surface area contributed by atoms with Gasteiger partial charge in [-0.15, -0.1) is 0 Å². The first kappa shape index (κ1) is 11.2. The number of benzene rings is 1. The molecule has 1 heterocycles. The van der Waals surface area contributed by atoms with Crippen LogP contribution in [0.1, 0.15) is 17.4 Å². The van der Waals surface area contributed by atoms with Gasteiger partial charge in [0.25, 0.3) is 0 Å². The van der Waals surface area contributed by atoms with Crippen molar-refractivity contribution in [1.82, 2.24) is 4.98 Å². The lowest BCUT2D eigenvalue weighted by Gasteiger charge is -1.96. The number of nitrogens with zero attached hydrogens (tertiary/aromatic N) is 1. The average Bonchev–Trinajstić information content (AvgIpc) is 2.75. The van der Waals surface area contributed by atoms with Crippen LogP contribution in [0, 0.1) is 0 Å². The van der Waals surface area contributed by atoms with E-state index in [1.54, 1.807) is 19.1 Å². The second-order valence-electron chi connectivity index (χ2n) is 3.26. The Labute approximate surface area is 97.7 Å². The molecule has 0 aliphatic rings. The molecule has 0 atom stereocenters. The third-order valence-electron chi connectivity index (χ3n) is 2.09. The van der Waals surface area contributed by atoms with E-state index < -0.39 is 5.97 Å². The maximum Gasteiger partial charge on any atom is 0.362 e. The van der Waals surface area contributed by atoms with Crippen molar-refractivity contribution in [2.75, 3.05) is 6.61 Å². The minimum Gasteiger partial charge on any atom is -0.476 e. The number of carboxylic acid groups (broad SMARTS) is 1. The minimum atomic E-state index is -1.17. The smallest absolute Gasteiger partial charge is 0.362 e. The summed E-state index contributed by atoms with van der Waals surface area (Å²) in [5.41, 5.74) is 0.506. The standard InChI is InChI=1S/C12H11NO4/c1-2-16-12-9(11(14)15)13-10(17-12)8-6-4-3-5-7-8/h3-7H,2H2,1H3,(H,14,15). The summed E-state index contributed by atoms with van der Waals surface area (Å²) in [7, 11) is 0. The van der Waals surface area contributed by atoms with E-state index in [0.717, 1.165) is 0 Å². The van der Waals surface area contributed by atoms with Gasteiger partial charge in [0.2, 0.25) is 11.6 Å². The topological polar surface area (TPSA) is 72.6 Å². The summed E-state index contributed by atoms with van der Waals surface area (Å²) in [5, 5.41) is 8.95. The Balaban J connectivity index is 2.44. The second kappa shape index (κ2) is 4.69. The molecule has 0 saturated heterocycles. The van der Waals surface area contributed by atoms with Crippen LogP contribution >= 0.6 is 0 Å². The number of aromatic nitrogens is 1. The number of hydrogen-bond acceptors (Lipinski definition) is 4. The molecular formula is C12H11NO4. The second-order valence-corrected chi connectivity index (χ2v) is 3.26. The molecule has 1 N–H and O–H groups in total. The predicted molar refractivity (Wildman–Crippen MR) is 60.1 cm³/mol. The molecule has 17 heavy (non-hydrogen) atoms. The van der Waals surface area contributed by atoms with E-state index in [9.17, 15) is 4.79 Å². The monoisotopic (exact) mass is 233 g/mol. The van der Waals surface area contributed by atoms with Crippen molar-refractivity contribution in [2.45, 2.75) is 6.92 Å². The fourth-order valence-electron chi connectivity index (χ4n) is 1.37. The molecule has 2 aromatic rings. The number of rotatable bonds is 4. The van der Waals surface area contributed by atoms with Gasteiger partial charge < -0.3 is 14.3 Å². The maximum absolute atomic E-state index is 10.9. The van der Waals surface area contributed by atoms with Crippen LogP contribution in [0.5, 0.6) is 5.95 Å². The molecule has 2 rings (SSSR count). The molecule has 1 aromatic heterocycles. The molecule has 0 saturated carbocycles. The van der Waals surface area contributed by atoms with Gasteiger partial charge in [-0.05, 0) is 19.1 Å². The van der Waals surface area contributed by atoms with Gasteiger partial charge >= 0.3 is 11.9 Å². The number of oxazole rings is 1. The van der Waals surface area contributed by atoms with Crippen LogP contribution in [0.2, 0.25) is 0 Å². The lowest BCUT2D eigenvalue weighted by atomic mass is 10.2. The summed E-state index contributed by atoms with van der Waals surface area (Å²) in [6.07, 6.45) is 0. The minimum absolute atomic E-state index is 0.0566. The van der Waals surface area contributed by atoms with Gasteiger partial charge in [-0.25, -0.2) is 4.79 Å². The highest BCUT2D eigenvalue weighted by Gasteiger charge is 2.21. The SMILES string of the molecule is CCOc1oc(-c2ccccc2)nc1C(=O)O. The highest BCUT2D eigenvalue weighted by atomic mass is 16.6. The first-order chi connectivity index (χ1) is 8.22. The zero-order valence-corrected chi connectivity index (χ0v) is 9.21. The molecule has 0 spiro atoms. The fourth-order valence-corrected chi connectivity index (χ4v) is 1.37. The van der Waals surface area contributed by atoms with E-state index >= 15 is 0 Å². The van der Waals surface area contributed by atoms with Gasteiger partial charge in [-0.3, -0.25) is 0 Å². The Hall–Kier alpha value is -2.30. The van der Waals surface area contributed by atoms with E-state index in [-0.39, 0.29) is 17.5 Å². The summed E-state index contributed by atoms with van der Waals surface area (Å²) < 4.78 is 10.4. The summed E-state index contributed by atoms with van der Waals surface area (Å²) in [5.74, 6) is -0.982. The predicted octanol–water partition coefficient (Wildman–Crippen LogP) is 2.44. The zero-order chi connectivity index (χ0) is 12.3. The van der Waals surface area contributed by atoms with Crippen LogP contribution in [0.3, 0.4) is 0 Å². The lowest BCUT2D eigenvalue weighted by molar-refractivity contribution is 0.0683. The molecule has 0 aliphatic heterocycles. The number of hydrogen-bond donors (Lipinski definition) is 1. The van der Waals surface area contributed by atoms with Gasteiger partial charge in [0.15, 0.2) is 0 Å². The van der Waals surface area contributed by atoms with E-state index in [2.05, 4.69) is 4.98 Å². The molecule has 0 unspecified atom stereocenters. The van der Waals surface area contributed by atoms with Crippen molar-refractivity contribution >= 4 is 5.97 Å². The van der Waals surface area contributed by atoms with Gasteiger partial charge in [0, 0.05) is 5.56 Å². The van der Waals surface area contributed by atoms with E-state index in [1.165, 1.54) is 0 Å². The number of carbonyl (C=O) groups is 1. The highest BCUT2D eigenvalue weighted by Crippen LogP contribution is 2.27. The Morgan fingerprint density at radius 2 is 2.12 bits per heavy atom. The quantitative estimate of drug-likeness (QED) is 0.877. The summed E-state index contributed by atoms with van der Waals surface area (Å²) >= 11 is 0. The van der Waals surface area contributed by atoms with Gasteiger partial charge in [0.1, 0.15) is 0 Å². The fraction of sp³-hybridized carbons (Fsp3) is 0.167. The van der Waals surface area contributed by atoms with Crippen LogP contribution in [0.25, 0.3) is 11.5 Å². The van der Waals surface area contributed by atoms with Crippen molar-refractivity contribution in [2.24, 2.45) is 0 Å². The maximum atomic E-state index is 10.9. The Morgan fingerprint density at radius 3 is 2.71 bits per heavy atom. The molecule has 0 bridgehead atoms. The molecule has 0 radical (unpaired) electrons. The van der Waals surface area contributed by atoms with E-state index in [1.807, 2.05) is 18.2 Å². The number of carboxylic acids is 1. The normalized spacial score (nSPS) is 10.2. The van der Waals surface area contributed by atoms with Crippen molar-refractivity contribution in [3.05, 3.63) is 36.0 Å². The van der Waals surface area contributed by atoms with Crippen LogP contribution in [-0.2, 0) is 0 Å².